The summed E-state index contributed by atoms with van der Waals surface area (Å²) in [6.45, 7) is 3.52. The van der Waals surface area contributed by atoms with Gasteiger partial charge in [-0.2, -0.15) is 0 Å². The van der Waals surface area contributed by atoms with Crippen LogP contribution in [0.2, 0.25) is 0 Å². The van der Waals surface area contributed by atoms with Gasteiger partial charge < -0.3 is 10.2 Å². The highest BCUT2D eigenvalue weighted by molar-refractivity contribution is 5.94. The fraction of sp³-hybridized carbons (Fsp3) is 0.435. The molecule has 4 nitrogen and oxygen atoms in total. The van der Waals surface area contributed by atoms with E-state index in [0.717, 1.165) is 57.5 Å². The molecule has 2 aromatic carbocycles. The van der Waals surface area contributed by atoms with Gasteiger partial charge in [-0.15, -0.1) is 0 Å². The first-order valence-electron chi connectivity index (χ1n) is 10.3. The van der Waals surface area contributed by atoms with Crippen LogP contribution in [0.1, 0.15) is 46.8 Å². The zero-order valence-corrected chi connectivity index (χ0v) is 16.8. The lowest BCUT2D eigenvalue weighted by atomic mass is 9.96. The Bertz CT molecular complexity index is 896. The first-order chi connectivity index (χ1) is 14.0. The van der Waals surface area contributed by atoms with Gasteiger partial charge >= 0.3 is 0 Å². The number of nitrogens with one attached hydrogen (secondary N) is 1. The number of aryl methyl sites for hydroxylation is 1. The number of hydrogen-bond acceptors (Lipinski definition) is 3. The first-order valence-corrected chi connectivity index (χ1v) is 10.3. The number of nitrogens with zero attached hydrogens (tertiary/aromatic N) is 2. The average molecular weight is 399 g/mol. The molecule has 2 heterocycles. The highest BCUT2D eigenvalue weighted by atomic mass is 19.2. The van der Waals surface area contributed by atoms with E-state index in [1.807, 2.05) is 0 Å². The third-order valence-corrected chi connectivity index (χ3v) is 6.06. The molecule has 6 heteroatoms. The Labute approximate surface area is 170 Å². The van der Waals surface area contributed by atoms with Crippen LogP contribution in [0.3, 0.4) is 0 Å². The lowest BCUT2D eigenvalue weighted by molar-refractivity contribution is 0.0937. The standard InChI is InChI=1S/C23H27F2N3O/c1-27-10-4-5-16-13-17(7-9-21(16)27)22(28-11-2-3-12-28)15-26-23(29)18-6-8-19(24)20(25)14-18/h6-9,13-14,22H,2-5,10-12,15H2,1H3,(H,26,29). The van der Waals surface area contributed by atoms with Crippen molar-refractivity contribution in [2.45, 2.75) is 31.7 Å². The summed E-state index contributed by atoms with van der Waals surface area (Å²) in [6, 6.07) is 9.94. The van der Waals surface area contributed by atoms with Crippen molar-refractivity contribution in [3.8, 4) is 0 Å². The minimum atomic E-state index is -1.01. The van der Waals surface area contributed by atoms with Crippen molar-refractivity contribution in [3.05, 3.63) is 64.7 Å². The second-order valence-corrected chi connectivity index (χ2v) is 8.01. The van der Waals surface area contributed by atoms with Crippen LogP contribution in [0, 0.1) is 11.6 Å². The quantitative estimate of drug-likeness (QED) is 0.828. The number of rotatable bonds is 5. The van der Waals surface area contributed by atoms with Gasteiger partial charge in [-0.3, -0.25) is 9.69 Å². The molecule has 4 rings (SSSR count). The van der Waals surface area contributed by atoms with E-state index in [1.165, 1.54) is 22.9 Å². The van der Waals surface area contributed by atoms with Gasteiger partial charge in [0.25, 0.3) is 5.91 Å². The topological polar surface area (TPSA) is 35.6 Å². The van der Waals surface area contributed by atoms with Crippen molar-refractivity contribution in [3.63, 3.8) is 0 Å². The third kappa shape index (κ3) is 4.27. The van der Waals surface area contributed by atoms with Crippen molar-refractivity contribution >= 4 is 11.6 Å². The maximum Gasteiger partial charge on any atom is 0.251 e. The summed E-state index contributed by atoms with van der Waals surface area (Å²) in [4.78, 5) is 17.2. The number of carbonyl (C=O) groups excluding carboxylic acids is 1. The summed E-state index contributed by atoms with van der Waals surface area (Å²) in [5.41, 5.74) is 3.97. The van der Waals surface area contributed by atoms with E-state index in [9.17, 15) is 13.6 Å². The van der Waals surface area contributed by atoms with Crippen LogP contribution in [0.4, 0.5) is 14.5 Å². The lowest BCUT2D eigenvalue weighted by Crippen LogP contribution is -2.37. The van der Waals surface area contributed by atoms with Crippen molar-refractivity contribution in [2.24, 2.45) is 0 Å². The Morgan fingerprint density at radius 2 is 1.83 bits per heavy atom. The van der Waals surface area contributed by atoms with Crippen LogP contribution in [-0.4, -0.2) is 44.0 Å². The van der Waals surface area contributed by atoms with Crippen molar-refractivity contribution in [1.29, 1.82) is 0 Å². The Kier molecular flexibility index (Phi) is 5.81. The number of likely N-dealkylation sites (tertiary alicyclic amines) is 1. The molecule has 2 aliphatic heterocycles. The number of hydrogen-bond donors (Lipinski definition) is 1. The van der Waals surface area contributed by atoms with Gasteiger partial charge in [-0.1, -0.05) is 12.1 Å². The van der Waals surface area contributed by atoms with Gasteiger partial charge in [-0.05, 0) is 74.2 Å². The third-order valence-electron chi connectivity index (χ3n) is 6.06. The maximum absolute atomic E-state index is 13.5. The molecule has 1 amide bonds. The zero-order chi connectivity index (χ0) is 20.4. The van der Waals surface area contributed by atoms with Gasteiger partial charge in [0.05, 0.1) is 6.04 Å². The zero-order valence-electron chi connectivity index (χ0n) is 16.8. The van der Waals surface area contributed by atoms with E-state index in [1.54, 1.807) is 0 Å². The largest absolute Gasteiger partial charge is 0.374 e. The molecule has 0 saturated carbocycles. The van der Waals surface area contributed by atoms with Gasteiger partial charge in [0.1, 0.15) is 0 Å². The number of halogens is 2. The lowest BCUT2D eigenvalue weighted by Gasteiger charge is -2.32. The summed E-state index contributed by atoms with van der Waals surface area (Å²) in [5.74, 6) is -2.34. The van der Waals surface area contributed by atoms with Crippen LogP contribution in [0.5, 0.6) is 0 Å². The number of anilines is 1. The Morgan fingerprint density at radius 1 is 1.03 bits per heavy atom. The molecule has 0 aliphatic carbocycles. The van der Waals surface area contributed by atoms with E-state index in [0.29, 0.717) is 6.54 Å². The van der Waals surface area contributed by atoms with Crippen molar-refractivity contribution in [2.75, 3.05) is 38.1 Å². The highest BCUT2D eigenvalue weighted by Gasteiger charge is 2.26. The molecule has 0 spiro atoms. The molecule has 1 N–H and O–H groups in total. The molecule has 29 heavy (non-hydrogen) atoms. The maximum atomic E-state index is 13.5. The molecule has 1 fully saturated rings. The molecule has 1 atom stereocenters. The van der Waals surface area contributed by atoms with E-state index in [-0.39, 0.29) is 17.5 Å². The molecule has 0 aromatic heterocycles. The molecular formula is C23H27F2N3O. The SMILES string of the molecule is CN1CCCc2cc(C(CNC(=O)c3ccc(F)c(F)c3)N3CCCC3)ccc21. The number of amides is 1. The normalized spacial score (nSPS) is 17.8. The van der Waals surface area contributed by atoms with Gasteiger partial charge in [0, 0.05) is 31.4 Å². The van der Waals surface area contributed by atoms with Crippen molar-refractivity contribution < 1.29 is 13.6 Å². The Morgan fingerprint density at radius 3 is 2.59 bits per heavy atom. The summed E-state index contributed by atoms with van der Waals surface area (Å²) in [5, 5.41) is 2.93. The molecule has 0 bridgehead atoms. The minimum absolute atomic E-state index is 0.0734. The molecule has 1 saturated heterocycles. The van der Waals surface area contributed by atoms with E-state index in [2.05, 4.69) is 40.4 Å². The summed E-state index contributed by atoms with van der Waals surface area (Å²) in [6.07, 6.45) is 4.53. The number of benzene rings is 2. The first kappa shape index (κ1) is 19.8. The molecule has 1 unspecified atom stereocenters. The smallest absolute Gasteiger partial charge is 0.251 e. The van der Waals surface area contributed by atoms with Gasteiger partial charge in [-0.25, -0.2) is 8.78 Å². The van der Waals surface area contributed by atoms with Crippen molar-refractivity contribution in [1.82, 2.24) is 10.2 Å². The van der Waals surface area contributed by atoms with Crippen LogP contribution < -0.4 is 10.2 Å². The highest BCUT2D eigenvalue weighted by Crippen LogP contribution is 2.31. The minimum Gasteiger partial charge on any atom is -0.374 e. The molecular weight excluding hydrogens is 372 g/mol. The fourth-order valence-electron chi connectivity index (χ4n) is 4.45. The second kappa shape index (κ2) is 8.49. The fourth-order valence-corrected chi connectivity index (χ4v) is 4.45. The van der Waals surface area contributed by atoms with Crippen LogP contribution in [-0.2, 0) is 6.42 Å². The van der Waals surface area contributed by atoms with E-state index >= 15 is 0 Å². The van der Waals surface area contributed by atoms with Gasteiger partial charge in [0.15, 0.2) is 11.6 Å². The summed E-state index contributed by atoms with van der Waals surface area (Å²) >= 11 is 0. The molecule has 2 aliphatic rings. The average Bonchev–Trinajstić information content (AvgIpc) is 3.25. The summed E-state index contributed by atoms with van der Waals surface area (Å²) < 4.78 is 26.6. The van der Waals surface area contributed by atoms with E-state index < -0.39 is 11.6 Å². The molecule has 154 valence electrons. The summed E-state index contributed by atoms with van der Waals surface area (Å²) in [7, 11) is 2.12. The number of fused-ring (bicyclic) bond motifs is 1. The van der Waals surface area contributed by atoms with Gasteiger partial charge in [0.2, 0.25) is 0 Å². The van der Waals surface area contributed by atoms with Crippen LogP contribution in [0.15, 0.2) is 36.4 Å². The second-order valence-electron chi connectivity index (χ2n) is 8.01. The molecule has 2 aromatic rings. The molecule has 0 radical (unpaired) electrons. The van der Waals surface area contributed by atoms with Crippen LogP contribution in [0.25, 0.3) is 0 Å². The predicted octanol–water partition coefficient (Wildman–Crippen LogP) is 3.91. The predicted molar refractivity (Wildman–Crippen MR) is 110 cm³/mol. The Balaban J connectivity index is 1.53. The monoisotopic (exact) mass is 399 g/mol. The van der Waals surface area contributed by atoms with Crippen LogP contribution >= 0.6 is 0 Å². The Hall–Kier alpha value is -2.47. The van der Waals surface area contributed by atoms with E-state index in [4.69, 9.17) is 0 Å². The number of carbonyl (C=O) groups is 1.